The number of fused-ring (bicyclic) bond motifs is 2. The highest BCUT2D eigenvalue weighted by Crippen LogP contribution is 2.33. The number of aromatic nitrogens is 3. The first kappa shape index (κ1) is 19.7. The average molecular weight is 443 g/mol. The molecule has 1 saturated heterocycles. The van der Waals surface area contributed by atoms with Gasteiger partial charge in [-0.05, 0) is 18.2 Å². The molecule has 158 valence electrons. The third kappa shape index (κ3) is 3.67. The Morgan fingerprint density at radius 2 is 2.06 bits per heavy atom. The Labute approximate surface area is 181 Å². The maximum absolute atomic E-state index is 14.6. The van der Waals surface area contributed by atoms with Gasteiger partial charge in [0, 0.05) is 43.0 Å². The molecule has 31 heavy (non-hydrogen) atoms. The largest absolute Gasteiger partial charge is 0.466 e. The van der Waals surface area contributed by atoms with Crippen molar-refractivity contribution in [3.8, 4) is 5.88 Å². The van der Waals surface area contributed by atoms with Crippen LogP contribution in [0, 0.1) is 0 Å². The van der Waals surface area contributed by atoms with Gasteiger partial charge in [0.2, 0.25) is 5.88 Å². The van der Waals surface area contributed by atoms with Crippen molar-refractivity contribution in [3.63, 3.8) is 0 Å². The molecule has 0 saturated carbocycles. The summed E-state index contributed by atoms with van der Waals surface area (Å²) in [5.74, 6) is -3.42. The van der Waals surface area contributed by atoms with Gasteiger partial charge in [0.25, 0.3) is 11.8 Å². The van der Waals surface area contributed by atoms with Crippen LogP contribution >= 0.6 is 11.6 Å². The van der Waals surface area contributed by atoms with Crippen LogP contribution in [0.15, 0.2) is 61.1 Å². The van der Waals surface area contributed by atoms with E-state index in [1.807, 2.05) is 18.2 Å². The fraction of sp³-hybridized carbons (Fsp3) is 0.227. The van der Waals surface area contributed by atoms with Crippen molar-refractivity contribution in [3.05, 3.63) is 71.6 Å². The minimum absolute atomic E-state index is 0.0936. The molecule has 4 aromatic rings. The molecule has 1 aliphatic rings. The first-order valence-electron chi connectivity index (χ1n) is 9.72. The molecule has 1 fully saturated rings. The van der Waals surface area contributed by atoms with Crippen molar-refractivity contribution < 1.29 is 18.3 Å². The summed E-state index contributed by atoms with van der Waals surface area (Å²) in [4.78, 5) is 23.0. The number of pyridine rings is 2. The van der Waals surface area contributed by atoms with Crippen molar-refractivity contribution in [2.24, 2.45) is 0 Å². The second kappa shape index (κ2) is 7.46. The minimum atomic E-state index is -3.10. The SMILES string of the molecule is O=C(c1cc(Cl)cn2ccnc12)N1CCC(F)(F)[C@@H](Oc2ccc3ccccc3n2)C1. The van der Waals surface area contributed by atoms with Gasteiger partial charge in [-0.3, -0.25) is 4.79 Å². The molecule has 1 aliphatic heterocycles. The van der Waals surface area contributed by atoms with Crippen LogP contribution in [0.4, 0.5) is 8.78 Å². The Balaban J connectivity index is 1.41. The fourth-order valence-corrected chi connectivity index (χ4v) is 3.98. The van der Waals surface area contributed by atoms with E-state index in [2.05, 4.69) is 9.97 Å². The van der Waals surface area contributed by atoms with Gasteiger partial charge in [-0.25, -0.2) is 18.7 Å². The number of hydrogen-bond acceptors (Lipinski definition) is 4. The summed E-state index contributed by atoms with van der Waals surface area (Å²) in [5, 5.41) is 1.23. The van der Waals surface area contributed by atoms with Gasteiger partial charge >= 0.3 is 0 Å². The van der Waals surface area contributed by atoms with E-state index in [-0.39, 0.29) is 24.5 Å². The van der Waals surface area contributed by atoms with Gasteiger partial charge in [-0.1, -0.05) is 29.8 Å². The molecule has 1 atom stereocenters. The molecule has 0 aliphatic carbocycles. The van der Waals surface area contributed by atoms with Gasteiger partial charge in [0.05, 0.1) is 22.6 Å². The van der Waals surface area contributed by atoms with E-state index in [9.17, 15) is 13.6 Å². The quantitative estimate of drug-likeness (QED) is 0.470. The zero-order valence-electron chi connectivity index (χ0n) is 16.2. The monoisotopic (exact) mass is 442 g/mol. The number of benzene rings is 1. The normalized spacial score (nSPS) is 18.4. The number of likely N-dealkylation sites (tertiary alicyclic amines) is 1. The number of para-hydroxylation sites is 1. The Bertz CT molecular complexity index is 1290. The van der Waals surface area contributed by atoms with Gasteiger partial charge in [-0.15, -0.1) is 0 Å². The van der Waals surface area contributed by atoms with Gasteiger partial charge in [0.1, 0.15) is 5.65 Å². The maximum atomic E-state index is 14.6. The molecule has 0 N–H and O–H groups in total. The number of piperidine rings is 1. The van der Waals surface area contributed by atoms with Crippen molar-refractivity contribution in [1.29, 1.82) is 0 Å². The summed E-state index contributed by atoms with van der Waals surface area (Å²) >= 11 is 6.12. The van der Waals surface area contributed by atoms with E-state index < -0.39 is 24.4 Å². The summed E-state index contributed by atoms with van der Waals surface area (Å²) in [6.07, 6.45) is 2.81. The lowest BCUT2D eigenvalue weighted by Gasteiger charge is -2.38. The number of halogens is 3. The van der Waals surface area contributed by atoms with E-state index >= 15 is 0 Å². The lowest BCUT2D eigenvalue weighted by atomic mass is 10.0. The zero-order valence-corrected chi connectivity index (χ0v) is 17.0. The number of ether oxygens (including phenoxy) is 1. The molecule has 0 bridgehead atoms. The minimum Gasteiger partial charge on any atom is -0.466 e. The van der Waals surface area contributed by atoms with E-state index in [0.717, 1.165) is 5.39 Å². The lowest BCUT2D eigenvalue weighted by molar-refractivity contribution is -0.131. The smallest absolute Gasteiger partial charge is 0.287 e. The molecule has 6 nitrogen and oxygen atoms in total. The van der Waals surface area contributed by atoms with Crippen LogP contribution < -0.4 is 4.74 Å². The first-order valence-corrected chi connectivity index (χ1v) is 10.1. The highest BCUT2D eigenvalue weighted by molar-refractivity contribution is 6.31. The maximum Gasteiger partial charge on any atom is 0.287 e. The van der Waals surface area contributed by atoms with E-state index in [4.69, 9.17) is 16.3 Å². The van der Waals surface area contributed by atoms with Crippen LogP contribution in [0.3, 0.4) is 0 Å². The number of alkyl halides is 2. The topological polar surface area (TPSA) is 59.7 Å². The Morgan fingerprint density at radius 3 is 2.94 bits per heavy atom. The standard InChI is InChI=1S/C22H17ClF2N4O2/c23-15-11-16(20-26-8-10-28(20)12-15)21(30)29-9-7-22(24,25)18(13-29)31-19-6-5-14-3-1-2-4-17(14)27-19/h1-6,8,10-12,18H,7,9,13H2/t18-/m0/s1. The summed E-state index contributed by atoms with van der Waals surface area (Å²) < 4.78 is 36.5. The van der Waals surface area contributed by atoms with Crippen LogP contribution in [0.25, 0.3) is 16.6 Å². The molecule has 0 spiro atoms. The number of carbonyl (C=O) groups is 1. The predicted octanol–water partition coefficient (Wildman–Crippen LogP) is 4.46. The molecule has 1 amide bonds. The Hall–Kier alpha value is -3.26. The number of rotatable bonds is 3. The molecule has 0 unspecified atom stereocenters. The van der Waals surface area contributed by atoms with Crippen molar-refractivity contribution in [2.75, 3.05) is 13.1 Å². The van der Waals surface area contributed by atoms with Crippen LogP contribution in [-0.4, -0.2) is 50.3 Å². The predicted molar refractivity (Wildman–Crippen MR) is 112 cm³/mol. The molecule has 1 aromatic carbocycles. The van der Waals surface area contributed by atoms with E-state index in [1.165, 1.54) is 11.0 Å². The van der Waals surface area contributed by atoms with Crippen molar-refractivity contribution in [2.45, 2.75) is 18.4 Å². The summed E-state index contributed by atoms with van der Waals surface area (Å²) in [7, 11) is 0. The van der Waals surface area contributed by atoms with Crippen molar-refractivity contribution >= 4 is 34.1 Å². The van der Waals surface area contributed by atoms with Crippen LogP contribution in [0.1, 0.15) is 16.8 Å². The molecule has 9 heteroatoms. The van der Waals surface area contributed by atoms with Gasteiger partial charge in [0.15, 0.2) is 6.10 Å². The number of imidazole rings is 1. The van der Waals surface area contributed by atoms with E-state index in [1.54, 1.807) is 41.2 Å². The summed E-state index contributed by atoms with van der Waals surface area (Å²) in [6.45, 7) is -0.379. The number of amides is 1. The molecule has 0 radical (unpaired) electrons. The lowest BCUT2D eigenvalue weighted by Crippen LogP contribution is -2.55. The number of hydrogen-bond donors (Lipinski definition) is 0. The average Bonchev–Trinajstić information content (AvgIpc) is 3.22. The van der Waals surface area contributed by atoms with Crippen molar-refractivity contribution in [1.82, 2.24) is 19.3 Å². The second-order valence-corrected chi connectivity index (χ2v) is 7.88. The highest BCUT2D eigenvalue weighted by Gasteiger charge is 2.47. The van der Waals surface area contributed by atoms with E-state index in [0.29, 0.717) is 16.2 Å². The third-order valence-corrected chi connectivity index (χ3v) is 5.59. The summed E-state index contributed by atoms with van der Waals surface area (Å²) in [6, 6.07) is 12.2. The first-order chi connectivity index (χ1) is 14.9. The fourth-order valence-electron chi connectivity index (χ4n) is 3.76. The summed E-state index contributed by atoms with van der Waals surface area (Å²) in [5.41, 5.74) is 1.32. The third-order valence-electron chi connectivity index (χ3n) is 5.38. The molecule has 5 rings (SSSR count). The zero-order chi connectivity index (χ0) is 21.6. The Morgan fingerprint density at radius 1 is 1.23 bits per heavy atom. The highest BCUT2D eigenvalue weighted by atomic mass is 35.5. The van der Waals surface area contributed by atoms with Gasteiger partial charge in [-0.2, -0.15) is 0 Å². The van der Waals surface area contributed by atoms with Crippen LogP contribution in [0.2, 0.25) is 5.02 Å². The second-order valence-electron chi connectivity index (χ2n) is 7.44. The van der Waals surface area contributed by atoms with Crippen LogP contribution in [0.5, 0.6) is 5.88 Å². The number of nitrogens with zero attached hydrogens (tertiary/aromatic N) is 4. The Kier molecular flexibility index (Phi) is 4.74. The molecular weight excluding hydrogens is 426 g/mol. The van der Waals surface area contributed by atoms with Crippen LogP contribution in [-0.2, 0) is 0 Å². The molecular formula is C22H17ClF2N4O2. The number of carbonyl (C=O) groups excluding carboxylic acids is 1. The molecule has 3 aromatic heterocycles. The molecule has 4 heterocycles. The van der Waals surface area contributed by atoms with Gasteiger partial charge < -0.3 is 14.0 Å².